The van der Waals surface area contributed by atoms with E-state index in [1.165, 1.54) is 11.8 Å². The lowest BCUT2D eigenvalue weighted by molar-refractivity contribution is -0.129. The molecule has 33 heavy (non-hydrogen) atoms. The highest BCUT2D eigenvalue weighted by atomic mass is 35.5. The molecular formula is C26H24ClN3O2S. The smallest absolute Gasteiger partial charge is 0.238 e. The Labute approximate surface area is 202 Å². The molecule has 7 heteroatoms. The van der Waals surface area contributed by atoms with E-state index in [1.54, 1.807) is 17.0 Å². The summed E-state index contributed by atoms with van der Waals surface area (Å²) in [4.78, 5) is 32.6. The SMILES string of the molecule is Cc1ccc(NC(=O)[C@H]2CC(=O)N(Cc3ccc(Cl)cc3)C(=Nc3ccccc3)S2)c(C)c1. The van der Waals surface area contributed by atoms with Crippen LogP contribution in [0.3, 0.4) is 0 Å². The Morgan fingerprint density at radius 3 is 2.52 bits per heavy atom. The number of benzene rings is 3. The fourth-order valence-corrected chi connectivity index (χ4v) is 4.77. The average molecular weight is 478 g/mol. The molecule has 0 radical (unpaired) electrons. The van der Waals surface area contributed by atoms with Crippen molar-refractivity contribution < 1.29 is 9.59 Å². The summed E-state index contributed by atoms with van der Waals surface area (Å²) in [6, 6.07) is 22.7. The first-order chi connectivity index (χ1) is 15.9. The third-order valence-corrected chi connectivity index (χ3v) is 6.75. The number of rotatable bonds is 5. The summed E-state index contributed by atoms with van der Waals surface area (Å²) < 4.78 is 0. The number of aryl methyl sites for hydroxylation is 2. The van der Waals surface area contributed by atoms with Gasteiger partial charge in [-0.3, -0.25) is 14.5 Å². The zero-order valence-electron chi connectivity index (χ0n) is 18.4. The number of hydrogen-bond acceptors (Lipinski definition) is 4. The van der Waals surface area contributed by atoms with E-state index in [1.807, 2.05) is 74.5 Å². The first kappa shape index (κ1) is 23.1. The minimum Gasteiger partial charge on any atom is -0.325 e. The number of para-hydroxylation sites is 1. The monoisotopic (exact) mass is 477 g/mol. The van der Waals surface area contributed by atoms with Crippen LogP contribution in [0.4, 0.5) is 11.4 Å². The molecule has 168 valence electrons. The lowest BCUT2D eigenvalue weighted by Gasteiger charge is -2.32. The third-order valence-electron chi connectivity index (χ3n) is 5.31. The van der Waals surface area contributed by atoms with Crippen molar-refractivity contribution in [1.29, 1.82) is 0 Å². The van der Waals surface area contributed by atoms with Crippen molar-refractivity contribution in [2.75, 3.05) is 5.32 Å². The largest absolute Gasteiger partial charge is 0.325 e. The maximum absolute atomic E-state index is 13.2. The molecule has 1 aliphatic heterocycles. The number of halogens is 1. The molecule has 0 saturated carbocycles. The molecule has 0 bridgehead atoms. The Hall–Kier alpha value is -3.09. The number of hydrogen-bond donors (Lipinski definition) is 1. The molecule has 3 aromatic rings. The second-order valence-electron chi connectivity index (χ2n) is 7.95. The van der Waals surface area contributed by atoms with Gasteiger partial charge in [-0.15, -0.1) is 0 Å². The van der Waals surface area contributed by atoms with E-state index >= 15 is 0 Å². The van der Waals surface area contributed by atoms with E-state index < -0.39 is 5.25 Å². The zero-order valence-corrected chi connectivity index (χ0v) is 20.0. The maximum atomic E-state index is 13.2. The first-order valence-electron chi connectivity index (χ1n) is 10.6. The zero-order chi connectivity index (χ0) is 23.4. The van der Waals surface area contributed by atoms with Crippen LogP contribution >= 0.6 is 23.4 Å². The van der Waals surface area contributed by atoms with Crippen molar-refractivity contribution in [2.45, 2.75) is 32.1 Å². The van der Waals surface area contributed by atoms with Crippen LogP contribution in [0.2, 0.25) is 5.02 Å². The summed E-state index contributed by atoms with van der Waals surface area (Å²) in [5, 5.41) is 3.56. The number of amidine groups is 1. The number of carbonyl (C=O) groups is 2. The van der Waals surface area contributed by atoms with Gasteiger partial charge in [0.25, 0.3) is 0 Å². The van der Waals surface area contributed by atoms with Gasteiger partial charge < -0.3 is 5.32 Å². The Bertz CT molecular complexity index is 1200. The number of thioether (sulfide) groups is 1. The average Bonchev–Trinajstić information content (AvgIpc) is 2.79. The van der Waals surface area contributed by atoms with Crippen LogP contribution in [0.1, 0.15) is 23.1 Å². The Morgan fingerprint density at radius 1 is 1.09 bits per heavy atom. The molecular weight excluding hydrogens is 454 g/mol. The van der Waals surface area contributed by atoms with E-state index in [-0.39, 0.29) is 18.2 Å². The molecule has 0 unspecified atom stereocenters. The molecule has 1 N–H and O–H groups in total. The van der Waals surface area contributed by atoms with Crippen LogP contribution < -0.4 is 5.32 Å². The highest BCUT2D eigenvalue weighted by Crippen LogP contribution is 2.31. The van der Waals surface area contributed by atoms with Gasteiger partial charge in [0.2, 0.25) is 11.8 Å². The summed E-state index contributed by atoms with van der Waals surface area (Å²) in [6.07, 6.45) is 0.100. The van der Waals surface area contributed by atoms with Crippen LogP contribution in [0.25, 0.3) is 0 Å². The normalized spacial score (nSPS) is 17.3. The van der Waals surface area contributed by atoms with Crippen LogP contribution in [-0.4, -0.2) is 27.1 Å². The number of aliphatic imine (C=N–C) groups is 1. The molecule has 0 aliphatic carbocycles. The van der Waals surface area contributed by atoms with E-state index in [0.29, 0.717) is 16.7 Å². The van der Waals surface area contributed by atoms with E-state index in [4.69, 9.17) is 16.6 Å². The van der Waals surface area contributed by atoms with Crippen LogP contribution in [-0.2, 0) is 16.1 Å². The quantitative estimate of drug-likeness (QED) is 0.481. The second kappa shape index (κ2) is 10.2. The summed E-state index contributed by atoms with van der Waals surface area (Å²) in [5.74, 6) is -0.341. The van der Waals surface area contributed by atoms with Crippen molar-refractivity contribution in [1.82, 2.24) is 4.90 Å². The van der Waals surface area contributed by atoms with Crippen LogP contribution in [0.5, 0.6) is 0 Å². The Balaban J connectivity index is 1.59. The summed E-state index contributed by atoms with van der Waals surface area (Å²) in [6.45, 7) is 4.33. The van der Waals surface area contributed by atoms with Gasteiger partial charge in [-0.05, 0) is 55.3 Å². The van der Waals surface area contributed by atoms with Gasteiger partial charge in [-0.2, -0.15) is 0 Å². The highest BCUT2D eigenvalue weighted by Gasteiger charge is 2.36. The highest BCUT2D eigenvalue weighted by molar-refractivity contribution is 8.15. The minimum absolute atomic E-state index is 0.100. The molecule has 1 saturated heterocycles. The maximum Gasteiger partial charge on any atom is 0.238 e. The molecule has 1 aliphatic rings. The van der Waals surface area contributed by atoms with E-state index in [2.05, 4.69) is 5.32 Å². The molecule has 2 amide bonds. The van der Waals surface area contributed by atoms with Gasteiger partial charge in [-0.1, -0.05) is 71.4 Å². The van der Waals surface area contributed by atoms with Gasteiger partial charge in [0, 0.05) is 17.1 Å². The summed E-state index contributed by atoms with van der Waals surface area (Å²) in [7, 11) is 0. The predicted octanol–water partition coefficient (Wildman–Crippen LogP) is 6.12. The van der Waals surface area contributed by atoms with Crippen molar-refractivity contribution >= 4 is 51.7 Å². The molecule has 3 aromatic carbocycles. The summed E-state index contributed by atoms with van der Waals surface area (Å²) >= 11 is 7.32. The molecule has 0 spiro atoms. The van der Waals surface area contributed by atoms with Gasteiger partial charge in [0.05, 0.1) is 12.2 Å². The fraction of sp³-hybridized carbons (Fsp3) is 0.192. The lowest BCUT2D eigenvalue weighted by Crippen LogP contribution is -2.44. The number of carbonyl (C=O) groups excluding carboxylic acids is 2. The first-order valence-corrected chi connectivity index (χ1v) is 11.9. The van der Waals surface area contributed by atoms with Crippen LogP contribution in [0.15, 0.2) is 77.8 Å². The lowest BCUT2D eigenvalue weighted by atomic mass is 10.1. The minimum atomic E-state index is -0.567. The van der Waals surface area contributed by atoms with Crippen LogP contribution in [0, 0.1) is 13.8 Å². The van der Waals surface area contributed by atoms with Gasteiger partial charge in [0.1, 0.15) is 5.25 Å². The third kappa shape index (κ3) is 5.83. The Kier molecular flexibility index (Phi) is 7.16. The predicted molar refractivity (Wildman–Crippen MR) is 136 cm³/mol. The standard InChI is InChI=1S/C26H24ClN3O2S/c1-17-8-13-22(18(2)14-17)29-25(32)23-15-24(31)30(16-19-9-11-20(27)12-10-19)26(33-23)28-21-6-4-3-5-7-21/h3-14,23H,15-16H2,1-2H3,(H,29,32)/t23-/m1/s1. The number of amides is 2. The number of anilines is 1. The van der Waals surface area contributed by atoms with Crippen molar-refractivity contribution in [3.8, 4) is 0 Å². The summed E-state index contributed by atoms with van der Waals surface area (Å²) in [5.41, 5.74) is 4.53. The van der Waals surface area contributed by atoms with Gasteiger partial charge >= 0.3 is 0 Å². The molecule has 0 aromatic heterocycles. The molecule has 5 nitrogen and oxygen atoms in total. The van der Waals surface area contributed by atoms with Gasteiger partial charge in [0.15, 0.2) is 5.17 Å². The van der Waals surface area contributed by atoms with E-state index in [9.17, 15) is 9.59 Å². The number of nitrogens with zero attached hydrogens (tertiary/aromatic N) is 2. The van der Waals surface area contributed by atoms with Crippen molar-refractivity contribution in [2.24, 2.45) is 4.99 Å². The Morgan fingerprint density at radius 2 is 1.82 bits per heavy atom. The van der Waals surface area contributed by atoms with E-state index in [0.717, 1.165) is 28.1 Å². The number of nitrogens with one attached hydrogen (secondary N) is 1. The topological polar surface area (TPSA) is 61.8 Å². The van der Waals surface area contributed by atoms with Gasteiger partial charge in [-0.25, -0.2) is 4.99 Å². The van der Waals surface area contributed by atoms with Crippen molar-refractivity contribution in [3.05, 3.63) is 94.5 Å². The fourth-order valence-electron chi connectivity index (χ4n) is 3.55. The molecule has 1 fully saturated rings. The molecule has 4 rings (SSSR count). The second-order valence-corrected chi connectivity index (χ2v) is 9.56. The molecule has 1 heterocycles. The van der Waals surface area contributed by atoms with Crippen molar-refractivity contribution in [3.63, 3.8) is 0 Å². The molecule has 1 atom stereocenters.